The Labute approximate surface area is 267 Å². The average Bonchev–Trinajstić information content (AvgIpc) is 3.63. The number of ether oxygens (including phenoxy) is 1. The van der Waals surface area contributed by atoms with Gasteiger partial charge in [0.1, 0.15) is 11.5 Å². The Bertz CT molecular complexity index is 1410. The largest absolute Gasteiger partial charge is 1.00 e. The number of carbonyl (C=O) groups is 2. The van der Waals surface area contributed by atoms with Crippen molar-refractivity contribution in [3.05, 3.63) is 87.5 Å². The molecule has 0 bridgehead atoms. The third-order valence-corrected chi connectivity index (χ3v) is 9.30. The van der Waals surface area contributed by atoms with E-state index in [1.807, 2.05) is 6.92 Å². The van der Waals surface area contributed by atoms with E-state index in [1.165, 1.54) is 50.1 Å². The molecule has 1 unspecified atom stereocenters. The van der Waals surface area contributed by atoms with Crippen LogP contribution in [-0.4, -0.2) is 18.4 Å². The second kappa shape index (κ2) is 13.3. The van der Waals surface area contributed by atoms with Crippen molar-refractivity contribution in [1.82, 2.24) is 0 Å². The van der Waals surface area contributed by atoms with Crippen molar-refractivity contribution in [3.8, 4) is 16.9 Å². The van der Waals surface area contributed by atoms with Crippen LogP contribution in [0.25, 0.3) is 11.1 Å². The number of benzene rings is 3. The monoisotopic (exact) mass is 560 g/mol. The Morgan fingerprint density at radius 3 is 2.39 bits per heavy atom. The standard InChI is InChI=1S/C36H42O4.Na/c1-5-29(37)9-7-17-40-30-18-23(2)35(24(3)19-30)31-10-6-8-27(25(31)4)13-11-26-12-14-32-28(20-26)22-36(15-16-36)33(32)21-34(38)39;/h6,8,10,12,14,18-20,33H,5,7,9,11,13,15-17,21-22H2,1-4H3,(H,38,39);/q;+1/p-1. The summed E-state index contributed by atoms with van der Waals surface area (Å²) in [6.07, 6.45) is 7.25. The van der Waals surface area contributed by atoms with Crippen LogP contribution in [0.4, 0.5) is 0 Å². The second-order valence-electron chi connectivity index (χ2n) is 12.1. The van der Waals surface area contributed by atoms with Crippen molar-refractivity contribution in [3.63, 3.8) is 0 Å². The zero-order valence-corrected chi connectivity index (χ0v) is 27.4. The predicted octanol–water partition coefficient (Wildman–Crippen LogP) is 3.77. The van der Waals surface area contributed by atoms with E-state index in [9.17, 15) is 14.7 Å². The Morgan fingerprint density at radius 2 is 1.73 bits per heavy atom. The molecule has 1 fully saturated rings. The quantitative estimate of drug-likeness (QED) is 0.250. The summed E-state index contributed by atoms with van der Waals surface area (Å²) in [5.41, 5.74) is 11.7. The van der Waals surface area contributed by atoms with Gasteiger partial charge in [0.25, 0.3) is 0 Å². The number of ketones is 1. The molecule has 0 amide bonds. The first-order chi connectivity index (χ1) is 19.2. The van der Waals surface area contributed by atoms with Crippen molar-refractivity contribution >= 4 is 11.8 Å². The number of Topliss-reactive ketones (excluding diaryl/α,β-unsaturated/α-hetero) is 1. The van der Waals surface area contributed by atoms with Crippen LogP contribution in [0.2, 0.25) is 0 Å². The zero-order valence-electron chi connectivity index (χ0n) is 25.4. The molecule has 0 heterocycles. The molecular formula is C36H41NaO4. The van der Waals surface area contributed by atoms with Gasteiger partial charge < -0.3 is 14.6 Å². The van der Waals surface area contributed by atoms with E-state index in [4.69, 9.17) is 4.74 Å². The Hall–Kier alpha value is -2.40. The van der Waals surface area contributed by atoms with Crippen molar-refractivity contribution in [2.45, 2.75) is 91.4 Å². The van der Waals surface area contributed by atoms with E-state index in [2.05, 4.69) is 69.3 Å². The van der Waals surface area contributed by atoms with Crippen LogP contribution in [0.15, 0.2) is 48.5 Å². The van der Waals surface area contributed by atoms with Gasteiger partial charge in [0.2, 0.25) is 0 Å². The van der Waals surface area contributed by atoms with Crippen molar-refractivity contribution in [2.24, 2.45) is 5.41 Å². The summed E-state index contributed by atoms with van der Waals surface area (Å²) in [5.74, 6) is 0.333. The van der Waals surface area contributed by atoms with Gasteiger partial charge in [0.05, 0.1) is 6.61 Å². The normalized spacial score (nSPS) is 16.2. The number of rotatable bonds is 12. The third-order valence-electron chi connectivity index (χ3n) is 9.30. The maximum absolute atomic E-state index is 11.6. The van der Waals surface area contributed by atoms with Gasteiger partial charge in [-0.3, -0.25) is 4.79 Å². The van der Waals surface area contributed by atoms with E-state index in [1.54, 1.807) is 0 Å². The SMILES string of the molecule is CCC(=O)CCCOc1cc(C)c(-c2cccc(CCc3ccc4c(c3)CC3(CC3)C4CC(=O)[O-])c2C)c(C)c1.[Na+]. The minimum Gasteiger partial charge on any atom is -0.550 e. The minimum atomic E-state index is -0.934. The van der Waals surface area contributed by atoms with Gasteiger partial charge in [-0.1, -0.05) is 43.3 Å². The van der Waals surface area contributed by atoms with Gasteiger partial charge in [0.15, 0.2) is 0 Å². The number of carboxylic acids is 1. The molecule has 3 aromatic rings. The number of hydrogen-bond acceptors (Lipinski definition) is 4. The molecule has 3 aromatic carbocycles. The van der Waals surface area contributed by atoms with E-state index in [0.29, 0.717) is 19.4 Å². The van der Waals surface area contributed by atoms with Crippen molar-refractivity contribution < 1.29 is 49.0 Å². The first-order valence-electron chi connectivity index (χ1n) is 14.9. The van der Waals surface area contributed by atoms with Crippen LogP contribution < -0.4 is 39.4 Å². The number of carbonyl (C=O) groups excluding carboxylic acids is 2. The molecule has 0 radical (unpaired) electrons. The number of aryl methyl sites for hydroxylation is 4. The molecule has 5 rings (SSSR count). The summed E-state index contributed by atoms with van der Waals surface area (Å²) < 4.78 is 5.98. The fourth-order valence-electron chi connectivity index (χ4n) is 6.89. The molecule has 2 aliphatic carbocycles. The van der Waals surface area contributed by atoms with Crippen LogP contribution in [0.5, 0.6) is 5.75 Å². The number of carboxylic acid groups (broad SMARTS) is 1. The van der Waals surface area contributed by atoms with Crippen LogP contribution >= 0.6 is 0 Å². The van der Waals surface area contributed by atoms with Gasteiger partial charge in [0, 0.05) is 18.8 Å². The first kappa shape index (κ1) is 31.5. The van der Waals surface area contributed by atoms with Crippen LogP contribution in [0.3, 0.4) is 0 Å². The van der Waals surface area contributed by atoms with Crippen LogP contribution in [0, 0.1) is 26.2 Å². The van der Waals surface area contributed by atoms with E-state index in [0.717, 1.165) is 44.3 Å². The fraction of sp³-hybridized carbons (Fsp3) is 0.444. The molecular weight excluding hydrogens is 519 g/mol. The predicted molar refractivity (Wildman–Crippen MR) is 158 cm³/mol. The second-order valence-corrected chi connectivity index (χ2v) is 12.1. The molecule has 41 heavy (non-hydrogen) atoms. The van der Waals surface area contributed by atoms with Crippen LogP contribution in [-0.2, 0) is 28.9 Å². The molecule has 2 aliphatic rings. The maximum Gasteiger partial charge on any atom is 1.00 e. The molecule has 4 nitrogen and oxygen atoms in total. The molecule has 210 valence electrons. The van der Waals surface area contributed by atoms with Gasteiger partial charge >= 0.3 is 29.6 Å². The molecule has 0 saturated heterocycles. The van der Waals surface area contributed by atoms with Gasteiger partial charge in [-0.05, 0) is 139 Å². The summed E-state index contributed by atoms with van der Waals surface area (Å²) in [4.78, 5) is 22.9. The minimum absolute atomic E-state index is 0. The van der Waals surface area contributed by atoms with Gasteiger partial charge in [-0.2, -0.15) is 0 Å². The topological polar surface area (TPSA) is 66.4 Å². The molecule has 0 aliphatic heterocycles. The molecule has 5 heteroatoms. The number of hydrogen-bond donors (Lipinski definition) is 0. The molecule has 0 N–H and O–H groups in total. The molecule has 0 aromatic heterocycles. The van der Waals surface area contributed by atoms with Crippen molar-refractivity contribution in [2.75, 3.05) is 6.61 Å². The summed E-state index contributed by atoms with van der Waals surface area (Å²) in [5, 5.41) is 11.4. The van der Waals surface area contributed by atoms with E-state index >= 15 is 0 Å². The van der Waals surface area contributed by atoms with E-state index < -0.39 is 5.97 Å². The Morgan fingerprint density at radius 1 is 1.00 bits per heavy atom. The van der Waals surface area contributed by atoms with Gasteiger partial charge in [-0.15, -0.1) is 0 Å². The summed E-state index contributed by atoms with van der Waals surface area (Å²) in [7, 11) is 0. The Balaban J connectivity index is 0.00000387. The Kier molecular flexibility index (Phi) is 10.2. The van der Waals surface area contributed by atoms with Crippen molar-refractivity contribution in [1.29, 1.82) is 0 Å². The van der Waals surface area contributed by atoms with Crippen LogP contribution in [0.1, 0.15) is 90.3 Å². The summed E-state index contributed by atoms with van der Waals surface area (Å²) in [6, 6.07) is 17.6. The summed E-state index contributed by atoms with van der Waals surface area (Å²) >= 11 is 0. The molecule has 1 atom stereocenters. The third kappa shape index (κ3) is 6.98. The first-order valence-corrected chi connectivity index (χ1v) is 14.9. The maximum atomic E-state index is 11.6. The molecule has 1 spiro atoms. The fourth-order valence-corrected chi connectivity index (χ4v) is 6.89. The zero-order chi connectivity index (χ0) is 28.4. The average molecular weight is 561 g/mol. The number of aliphatic carboxylic acids is 1. The smallest absolute Gasteiger partial charge is 0.550 e. The van der Waals surface area contributed by atoms with E-state index in [-0.39, 0.29) is 53.1 Å². The van der Waals surface area contributed by atoms with Gasteiger partial charge in [-0.25, -0.2) is 0 Å². The summed E-state index contributed by atoms with van der Waals surface area (Å²) in [6.45, 7) is 8.97. The number of fused-ring (bicyclic) bond motifs is 1. The molecule has 1 saturated carbocycles.